The maximum absolute atomic E-state index is 6.36. The standard InChI is InChI=1S/C27H26N2O3/c1-18-8-4-5-9-21(18)25-24(19-12-14-28-15-13-19)22-10-6-7-11-23(22)29-26(25)30-16-20-17-31-27(2,3)32-20/h4-15,20H,16-17H2,1-3H3. The number of fused-ring (bicyclic) bond motifs is 1. The van der Waals surface area contributed by atoms with Crippen molar-refractivity contribution in [2.24, 2.45) is 0 Å². The van der Waals surface area contributed by atoms with Gasteiger partial charge in [-0.2, -0.15) is 0 Å². The molecule has 2 aromatic heterocycles. The van der Waals surface area contributed by atoms with Crippen LogP contribution in [0.15, 0.2) is 73.1 Å². The van der Waals surface area contributed by atoms with Crippen LogP contribution in [0.5, 0.6) is 5.88 Å². The average molecular weight is 427 g/mol. The lowest BCUT2D eigenvalue weighted by Gasteiger charge is -2.21. The number of hydrogen-bond acceptors (Lipinski definition) is 5. The van der Waals surface area contributed by atoms with E-state index in [9.17, 15) is 0 Å². The van der Waals surface area contributed by atoms with E-state index in [1.165, 1.54) is 0 Å². The Labute approximate surface area is 188 Å². The third-order valence-corrected chi connectivity index (χ3v) is 5.72. The van der Waals surface area contributed by atoms with Gasteiger partial charge in [0.15, 0.2) is 5.79 Å². The van der Waals surface area contributed by atoms with Crippen molar-refractivity contribution in [3.05, 3.63) is 78.6 Å². The van der Waals surface area contributed by atoms with Gasteiger partial charge in [-0.05, 0) is 55.7 Å². The zero-order chi connectivity index (χ0) is 22.1. The van der Waals surface area contributed by atoms with Crippen molar-refractivity contribution in [3.8, 4) is 28.1 Å². The molecule has 1 fully saturated rings. The number of aromatic nitrogens is 2. The predicted octanol–water partition coefficient (Wildman–Crippen LogP) is 5.80. The molecule has 0 spiro atoms. The van der Waals surface area contributed by atoms with Crippen molar-refractivity contribution in [2.75, 3.05) is 13.2 Å². The molecule has 5 nitrogen and oxygen atoms in total. The van der Waals surface area contributed by atoms with Gasteiger partial charge in [0.25, 0.3) is 0 Å². The van der Waals surface area contributed by atoms with Gasteiger partial charge >= 0.3 is 0 Å². The minimum Gasteiger partial charge on any atom is -0.474 e. The number of aryl methyl sites for hydroxylation is 1. The molecule has 162 valence electrons. The highest BCUT2D eigenvalue weighted by Crippen LogP contribution is 2.43. The number of para-hydroxylation sites is 1. The summed E-state index contributed by atoms with van der Waals surface area (Å²) >= 11 is 0. The average Bonchev–Trinajstić information content (AvgIpc) is 3.16. The molecule has 1 aliphatic rings. The van der Waals surface area contributed by atoms with E-state index in [1.54, 1.807) is 0 Å². The molecule has 0 amide bonds. The lowest BCUT2D eigenvalue weighted by atomic mass is 9.90. The maximum atomic E-state index is 6.36. The lowest BCUT2D eigenvalue weighted by molar-refractivity contribution is -0.141. The van der Waals surface area contributed by atoms with Crippen molar-refractivity contribution in [1.29, 1.82) is 0 Å². The van der Waals surface area contributed by atoms with E-state index >= 15 is 0 Å². The van der Waals surface area contributed by atoms with Gasteiger partial charge in [0, 0.05) is 23.3 Å². The zero-order valence-corrected chi connectivity index (χ0v) is 18.5. The van der Waals surface area contributed by atoms with Crippen molar-refractivity contribution in [3.63, 3.8) is 0 Å². The Balaban J connectivity index is 1.70. The van der Waals surface area contributed by atoms with Crippen LogP contribution in [0.4, 0.5) is 0 Å². The first-order valence-electron chi connectivity index (χ1n) is 10.9. The molecule has 0 saturated carbocycles. The van der Waals surface area contributed by atoms with Crippen LogP contribution in [0.2, 0.25) is 0 Å². The van der Waals surface area contributed by atoms with Crippen LogP contribution in [0.3, 0.4) is 0 Å². The molecule has 5 heteroatoms. The summed E-state index contributed by atoms with van der Waals surface area (Å²) in [6.07, 6.45) is 3.49. The molecule has 32 heavy (non-hydrogen) atoms. The quantitative estimate of drug-likeness (QED) is 0.404. The van der Waals surface area contributed by atoms with Gasteiger partial charge in [0.05, 0.1) is 17.7 Å². The first-order chi connectivity index (χ1) is 15.5. The lowest BCUT2D eigenvalue weighted by Crippen LogP contribution is -2.25. The monoisotopic (exact) mass is 426 g/mol. The van der Waals surface area contributed by atoms with Gasteiger partial charge in [-0.3, -0.25) is 4.98 Å². The van der Waals surface area contributed by atoms with E-state index in [4.69, 9.17) is 19.2 Å². The Bertz CT molecular complexity index is 1250. The van der Waals surface area contributed by atoms with E-state index in [-0.39, 0.29) is 6.10 Å². The summed E-state index contributed by atoms with van der Waals surface area (Å²) in [7, 11) is 0. The second kappa shape index (κ2) is 8.34. The molecule has 1 saturated heterocycles. The molecule has 0 radical (unpaired) electrons. The molecular weight excluding hydrogens is 400 g/mol. The molecule has 1 atom stereocenters. The Hall–Kier alpha value is -3.28. The van der Waals surface area contributed by atoms with Crippen LogP contribution in [0.25, 0.3) is 33.2 Å². The second-order valence-electron chi connectivity index (χ2n) is 8.50. The van der Waals surface area contributed by atoms with Crippen LogP contribution >= 0.6 is 0 Å². The number of rotatable bonds is 5. The molecule has 2 aromatic carbocycles. The van der Waals surface area contributed by atoms with Gasteiger partial charge in [-0.15, -0.1) is 0 Å². The van der Waals surface area contributed by atoms with Crippen LogP contribution in [0, 0.1) is 6.92 Å². The van der Waals surface area contributed by atoms with Crippen molar-refractivity contribution in [2.45, 2.75) is 32.7 Å². The number of ether oxygens (including phenoxy) is 3. The Morgan fingerprint density at radius 2 is 1.72 bits per heavy atom. The highest BCUT2D eigenvalue weighted by Gasteiger charge is 2.33. The smallest absolute Gasteiger partial charge is 0.222 e. The van der Waals surface area contributed by atoms with Crippen LogP contribution < -0.4 is 4.74 Å². The summed E-state index contributed by atoms with van der Waals surface area (Å²) in [6.45, 7) is 6.81. The fraction of sp³-hybridized carbons (Fsp3) is 0.259. The summed E-state index contributed by atoms with van der Waals surface area (Å²) in [5, 5.41) is 1.07. The minimum atomic E-state index is -0.591. The normalized spacial score (nSPS) is 17.5. The topological polar surface area (TPSA) is 53.5 Å². The van der Waals surface area contributed by atoms with Gasteiger partial charge in [0.2, 0.25) is 5.88 Å². The number of pyridine rings is 2. The van der Waals surface area contributed by atoms with E-state index in [0.29, 0.717) is 19.1 Å². The highest BCUT2D eigenvalue weighted by atomic mass is 16.7. The first kappa shape index (κ1) is 20.6. The van der Waals surface area contributed by atoms with Crippen LogP contribution in [0.1, 0.15) is 19.4 Å². The Morgan fingerprint density at radius 1 is 0.969 bits per heavy atom. The van der Waals surface area contributed by atoms with E-state index < -0.39 is 5.79 Å². The van der Waals surface area contributed by atoms with Gasteiger partial charge in [0.1, 0.15) is 12.7 Å². The number of nitrogens with zero attached hydrogens (tertiary/aromatic N) is 2. The largest absolute Gasteiger partial charge is 0.474 e. The molecule has 1 aliphatic heterocycles. The second-order valence-corrected chi connectivity index (χ2v) is 8.50. The molecule has 0 N–H and O–H groups in total. The molecule has 3 heterocycles. The maximum Gasteiger partial charge on any atom is 0.222 e. The summed E-state index contributed by atoms with van der Waals surface area (Å²) in [4.78, 5) is 9.16. The molecule has 0 bridgehead atoms. The fourth-order valence-electron chi connectivity index (χ4n) is 4.23. The number of benzene rings is 2. The summed E-state index contributed by atoms with van der Waals surface area (Å²) < 4.78 is 18.0. The molecule has 5 rings (SSSR count). The SMILES string of the molecule is Cc1ccccc1-c1c(OCC2COC(C)(C)O2)nc2ccccc2c1-c1ccncc1. The summed E-state index contributed by atoms with van der Waals surface area (Å²) in [5.74, 6) is 0.00410. The Kier molecular flexibility index (Phi) is 5.37. The third-order valence-electron chi connectivity index (χ3n) is 5.72. The third kappa shape index (κ3) is 3.97. The zero-order valence-electron chi connectivity index (χ0n) is 18.5. The predicted molar refractivity (Wildman–Crippen MR) is 126 cm³/mol. The fourth-order valence-corrected chi connectivity index (χ4v) is 4.23. The number of hydrogen-bond donors (Lipinski definition) is 0. The van der Waals surface area contributed by atoms with Crippen molar-refractivity contribution < 1.29 is 14.2 Å². The molecule has 0 aliphatic carbocycles. The molecule has 4 aromatic rings. The van der Waals surface area contributed by atoms with Gasteiger partial charge in [-0.25, -0.2) is 4.98 Å². The van der Waals surface area contributed by atoms with Crippen LogP contribution in [-0.4, -0.2) is 35.1 Å². The van der Waals surface area contributed by atoms with E-state index in [1.807, 2.05) is 68.7 Å². The van der Waals surface area contributed by atoms with Gasteiger partial charge in [-0.1, -0.05) is 42.5 Å². The summed E-state index contributed by atoms with van der Waals surface area (Å²) in [6, 6.07) is 20.6. The summed E-state index contributed by atoms with van der Waals surface area (Å²) in [5.41, 5.74) is 6.28. The first-order valence-corrected chi connectivity index (χ1v) is 10.9. The van der Waals surface area contributed by atoms with E-state index in [2.05, 4.69) is 30.1 Å². The minimum absolute atomic E-state index is 0.146. The van der Waals surface area contributed by atoms with Crippen molar-refractivity contribution in [1.82, 2.24) is 9.97 Å². The van der Waals surface area contributed by atoms with E-state index in [0.717, 1.165) is 38.7 Å². The van der Waals surface area contributed by atoms with Crippen molar-refractivity contribution >= 4 is 10.9 Å². The molecular formula is C27H26N2O3. The molecule has 1 unspecified atom stereocenters. The highest BCUT2D eigenvalue weighted by molar-refractivity contribution is 6.04. The van der Waals surface area contributed by atoms with Gasteiger partial charge < -0.3 is 14.2 Å². The van der Waals surface area contributed by atoms with Crippen LogP contribution in [-0.2, 0) is 9.47 Å². The Morgan fingerprint density at radius 3 is 2.47 bits per heavy atom.